The number of likely N-dealkylation sites (N-methyl/N-ethyl adjacent to an activating group) is 1. The van der Waals surface area contributed by atoms with Gasteiger partial charge in [-0.1, -0.05) is 0 Å². The van der Waals surface area contributed by atoms with E-state index in [4.69, 9.17) is 4.74 Å². The molecule has 1 aromatic heterocycles. The molecule has 5 heteroatoms. The summed E-state index contributed by atoms with van der Waals surface area (Å²) >= 11 is 3.55. The summed E-state index contributed by atoms with van der Waals surface area (Å²) in [6.45, 7) is 3.02. The predicted molar refractivity (Wildman–Crippen MR) is 66.3 cm³/mol. The minimum Gasteiger partial charge on any atom is -0.373 e. The maximum atomic E-state index is 5.90. The first-order chi connectivity index (χ1) is 7.58. The summed E-state index contributed by atoms with van der Waals surface area (Å²) < 4.78 is 8.84. The zero-order valence-electron chi connectivity index (χ0n) is 9.96. The van der Waals surface area contributed by atoms with Crippen LogP contribution in [0.5, 0.6) is 0 Å². The third kappa shape index (κ3) is 1.92. The van der Waals surface area contributed by atoms with Crippen molar-refractivity contribution in [1.82, 2.24) is 15.1 Å². The molecule has 0 aliphatic carbocycles. The average molecular weight is 288 g/mol. The van der Waals surface area contributed by atoms with Crippen LogP contribution in [-0.2, 0) is 11.8 Å². The largest absolute Gasteiger partial charge is 0.373 e. The fourth-order valence-electron chi connectivity index (χ4n) is 2.50. The number of aryl methyl sites for hydroxylation is 1. The smallest absolute Gasteiger partial charge is 0.0864 e. The van der Waals surface area contributed by atoms with Crippen LogP contribution in [0.25, 0.3) is 0 Å². The van der Waals surface area contributed by atoms with Gasteiger partial charge in [-0.15, -0.1) is 0 Å². The van der Waals surface area contributed by atoms with Crippen molar-refractivity contribution in [3.63, 3.8) is 0 Å². The summed E-state index contributed by atoms with van der Waals surface area (Å²) in [7, 11) is 3.93. The van der Waals surface area contributed by atoms with E-state index in [-0.39, 0.29) is 11.6 Å². The monoisotopic (exact) mass is 287 g/mol. The second kappa shape index (κ2) is 4.47. The lowest BCUT2D eigenvalue weighted by Crippen LogP contribution is -2.40. The van der Waals surface area contributed by atoms with E-state index in [9.17, 15) is 0 Å². The van der Waals surface area contributed by atoms with Crippen LogP contribution in [-0.4, -0.2) is 29.0 Å². The minimum atomic E-state index is -0.134. The zero-order valence-corrected chi connectivity index (χ0v) is 11.5. The van der Waals surface area contributed by atoms with E-state index in [0.717, 1.165) is 29.6 Å². The van der Waals surface area contributed by atoms with Gasteiger partial charge in [-0.2, -0.15) is 5.10 Å². The Bertz CT molecular complexity index is 352. The molecule has 2 heterocycles. The molecular weight excluding hydrogens is 270 g/mol. The molecule has 0 amide bonds. The van der Waals surface area contributed by atoms with Gasteiger partial charge in [-0.05, 0) is 42.7 Å². The molecule has 0 bridgehead atoms. The second-order valence-corrected chi connectivity index (χ2v) is 5.34. The van der Waals surface area contributed by atoms with Gasteiger partial charge in [0, 0.05) is 13.7 Å². The molecular formula is C11H18BrN3O. The predicted octanol–water partition coefficient (Wildman–Crippen LogP) is 2.01. The molecule has 4 nitrogen and oxygen atoms in total. The second-order valence-electron chi connectivity index (χ2n) is 4.49. The number of nitrogens with one attached hydrogen (secondary N) is 1. The van der Waals surface area contributed by atoms with Gasteiger partial charge in [0.2, 0.25) is 0 Å². The molecule has 0 saturated carbocycles. The van der Waals surface area contributed by atoms with E-state index in [1.54, 1.807) is 0 Å². The van der Waals surface area contributed by atoms with Crippen LogP contribution in [0.2, 0.25) is 0 Å². The SMILES string of the molecule is CNC(c1c(Br)cnn1C)C1(C)CCCO1. The normalized spacial score (nSPS) is 27.2. The first-order valence-electron chi connectivity index (χ1n) is 5.57. The van der Waals surface area contributed by atoms with Gasteiger partial charge in [0.05, 0.1) is 28.0 Å². The molecule has 16 heavy (non-hydrogen) atoms. The molecule has 2 rings (SSSR count). The zero-order chi connectivity index (χ0) is 11.8. The molecule has 1 saturated heterocycles. The van der Waals surface area contributed by atoms with E-state index in [2.05, 4.69) is 33.3 Å². The molecule has 1 N–H and O–H groups in total. The van der Waals surface area contributed by atoms with Crippen molar-refractivity contribution in [3.8, 4) is 0 Å². The molecule has 0 spiro atoms. The summed E-state index contributed by atoms with van der Waals surface area (Å²) in [4.78, 5) is 0. The summed E-state index contributed by atoms with van der Waals surface area (Å²) in [5, 5.41) is 7.61. The molecule has 1 aliphatic rings. The van der Waals surface area contributed by atoms with E-state index in [0.29, 0.717) is 0 Å². The van der Waals surface area contributed by atoms with E-state index >= 15 is 0 Å². The summed E-state index contributed by atoms with van der Waals surface area (Å²) in [6.07, 6.45) is 4.04. The topological polar surface area (TPSA) is 39.1 Å². The van der Waals surface area contributed by atoms with Crippen LogP contribution in [0.3, 0.4) is 0 Å². The first kappa shape index (κ1) is 12.1. The van der Waals surface area contributed by atoms with Gasteiger partial charge < -0.3 is 10.1 Å². The van der Waals surface area contributed by atoms with Gasteiger partial charge in [0.25, 0.3) is 0 Å². The Hall–Kier alpha value is -0.390. The molecule has 0 aromatic carbocycles. The highest BCUT2D eigenvalue weighted by atomic mass is 79.9. The summed E-state index contributed by atoms with van der Waals surface area (Å²) in [6, 6.07) is 0.164. The van der Waals surface area contributed by atoms with Crippen LogP contribution in [0.15, 0.2) is 10.7 Å². The van der Waals surface area contributed by atoms with E-state index in [1.807, 2.05) is 25.0 Å². The molecule has 0 radical (unpaired) electrons. The number of aromatic nitrogens is 2. The molecule has 2 atom stereocenters. The molecule has 90 valence electrons. The third-order valence-corrected chi connectivity index (χ3v) is 3.97. The Morgan fingerprint density at radius 3 is 2.88 bits per heavy atom. The Kier molecular flexibility index (Phi) is 3.37. The van der Waals surface area contributed by atoms with Gasteiger partial charge in [-0.25, -0.2) is 0 Å². The fraction of sp³-hybridized carbons (Fsp3) is 0.727. The molecule has 1 aliphatic heterocycles. The van der Waals surface area contributed by atoms with Crippen molar-refractivity contribution in [1.29, 1.82) is 0 Å². The maximum Gasteiger partial charge on any atom is 0.0864 e. The Labute approximate surface area is 104 Å². The highest BCUT2D eigenvalue weighted by Crippen LogP contribution is 2.39. The van der Waals surface area contributed by atoms with Crippen molar-refractivity contribution < 1.29 is 4.74 Å². The number of halogens is 1. The quantitative estimate of drug-likeness (QED) is 0.924. The standard InChI is InChI=1S/C11H18BrN3O/c1-11(5-4-6-16-11)10(13-2)9-8(12)7-14-15(9)3/h7,10,13H,4-6H2,1-3H3. The van der Waals surface area contributed by atoms with Crippen LogP contribution < -0.4 is 5.32 Å². The van der Waals surface area contributed by atoms with Crippen molar-refractivity contribution in [2.24, 2.45) is 7.05 Å². The summed E-state index contributed by atoms with van der Waals surface area (Å²) in [5.41, 5.74) is 1.01. The first-order valence-corrected chi connectivity index (χ1v) is 6.36. The van der Waals surface area contributed by atoms with Crippen LogP contribution in [0.1, 0.15) is 31.5 Å². The minimum absolute atomic E-state index is 0.134. The molecule has 1 aromatic rings. The lowest BCUT2D eigenvalue weighted by atomic mass is 9.91. The number of ether oxygens (including phenoxy) is 1. The third-order valence-electron chi connectivity index (χ3n) is 3.36. The lowest BCUT2D eigenvalue weighted by Gasteiger charge is -2.33. The van der Waals surface area contributed by atoms with Crippen LogP contribution in [0.4, 0.5) is 0 Å². The number of rotatable bonds is 3. The van der Waals surface area contributed by atoms with E-state index in [1.165, 1.54) is 0 Å². The Morgan fingerprint density at radius 2 is 2.44 bits per heavy atom. The molecule has 1 fully saturated rings. The van der Waals surface area contributed by atoms with Gasteiger partial charge in [-0.3, -0.25) is 4.68 Å². The van der Waals surface area contributed by atoms with Crippen LogP contribution in [0, 0.1) is 0 Å². The lowest BCUT2D eigenvalue weighted by molar-refractivity contribution is -0.0127. The number of nitrogens with zero attached hydrogens (tertiary/aromatic N) is 2. The Balaban J connectivity index is 2.36. The van der Waals surface area contributed by atoms with E-state index < -0.39 is 0 Å². The summed E-state index contributed by atoms with van der Waals surface area (Å²) in [5.74, 6) is 0. The average Bonchev–Trinajstić information content (AvgIpc) is 2.80. The van der Waals surface area contributed by atoms with Crippen molar-refractivity contribution in [2.45, 2.75) is 31.4 Å². The molecule has 2 unspecified atom stereocenters. The van der Waals surface area contributed by atoms with Crippen LogP contribution >= 0.6 is 15.9 Å². The van der Waals surface area contributed by atoms with Crippen molar-refractivity contribution in [2.75, 3.05) is 13.7 Å². The number of hydrogen-bond donors (Lipinski definition) is 1. The van der Waals surface area contributed by atoms with Gasteiger partial charge >= 0.3 is 0 Å². The fourth-order valence-corrected chi connectivity index (χ4v) is 3.08. The van der Waals surface area contributed by atoms with Gasteiger partial charge in [0.15, 0.2) is 0 Å². The highest BCUT2D eigenvalue weighted by Gasteiger charge is 2.40. The number of hydrogen-bond acceptors (Lipinski definition) is 3. The highest BCUT2D eigenvalue weighted by molar-refractivity contribution is 9.10. The maximum absolute atomic E-state index is 5.90. The van der Waals surface area contributed by atoms with Gasteiger partial charge in [0.1, 0.15) is 0 Å². The van der Waals surface area contributed by atoms with Crippen molar-refractivity contribution >= 4 is 15.9 Å². The Morgan fingerprint density at radius 1 is 1.69 bits per heavy atom. The van der Waals surface area contributed by atoms with Crippen molar-refractivity contribution in [3.05, 3.63) is 16.4 Å².